The number of hydrogen-bond donors (Lipinski definition) is 1. The average Bonchev–Trinajstić information content (AvgIpc) is 2.40. The summed E-state index contributed by atoms with van der Waals surface area (Å²) in [7, 11) is 0. The number of nitrogens with one attached hydrogen (secondary N) is 1. The highest BCUT2D eigenvalue weighted by Gasteiger charge is 2.10. The van der Waals surface area contributed by atoms with Crippen LogP contribution in [0.25, 0.3) is 0 Å². The fourth-order valence-electron chi connectivity index (χ4n) is 1.58. The van der Waals surface area contributed by atoms with Crippen LogP contribution in [0.4, 0.5) is 10.5 Å². The molecule has 2 amide bonds. The molecule has 0 aromatic heterocycles. The first-order valence-electron chi connectivity index (χ1n) is 6.27. The van der Waals surface area contributed by atoms with Gasteiger partial charge in [-0.05, 0) is 37.6 Å². The quantitative estimate of drug-likeness (QED) is 0.866. The van der Waals surface area contributed by atoms with E-state index in [4.69, 9.17) is 5.26 Å². The highest BCUT2D eigenvalue weighted by Crippen LogP contribution is 2.10. The highest BCUT2D eigenvalue weighted by atomic mass is 16.2. The van der Waals surface area contributed by atoms with E-state index in [9.17, 15) is 4.79 Å². The molecule has 96 valence electrons. The van der Waals surface area contributed by atoms with Gasteiger partial charge < -0.3 is 10.2 Å². The molecule has 1 N–H and O–H groups in total. The van der Waals surface area contributed by atoms with Crippen LogP contribution in [0.3, 0.4) is 0 Å². The van der Waals surface area contributed by atoms with E-state index in [1.807, 2.05) is 13.0 Å². The first-order valence-corrected chi connectivity index (χ1v) is 6.27. The smallest absolute Gasteiger partial charge is 0.321 e. The number of rotatable bonds is 5. The second-order valence-corrected chi connectivity index (χ2v) is 4.05. The van der Waals surface area contributed by atoms with Gasteiger partial charge in [0.1, 0.15) is 0 Å². The molecule has 0 bridgehead atoms. The van der Waals surface area contributed by atoms with Crippen molar-refractivity contribution in [3.8, 4) is 6.07 Å². The summed E-state index contributed by atoms with van der Waals surface area (Å²) < 4.78 is 0. The molecule has 0 radical (unpaired) electrons. The third-order valence-electron chi connectivity index (χ3n) is 2.72. The Morgan fingerprint density at radius 2 is 2.00 bits per heavy atom. The maximum absolute atomic E-state index is 12.0. The van der Waals surface area contributed by atoms with Gasteiger partial charge in [-0.1, -0.05) is 13.3 Å². The minimum Gasteiger partial charge on any atom is -0.325 e. The van der Waals surface area contributed by atoms with Crippen LogP contribution in [0, 0.1) is 11.3 Å². The average molecular weight is 245 g/mol. The van der Waals surface area contributed by atoms with E-state index in [0.29, 0.717) is 17.8 Å². The van der Waals surface area contributed by atoms with Crippen LogP contribution < -0.4 is 5.32 Å². The number of hydrogen-bond acceptors (Lipinski definition) is 2. The van der Waals surface area contributed by atoms with Crippen molar-refractivity contribution in [2.45, 2.75) is 26.7 Å². The number of unbranched alkanes of at least 4 members (excludes halogenated alkanes) is 1. The minimum atomic E-state index is -0.0874. The maximum Gasteiger partial charge on any atom is 0.321 e. The van der Waals surface area contributed by atoms with E-state index in [1.54, 1.807) is 29.2 Å². The van der Waals surface area contributed by atoms with Gasteiger partial charge in [0.2, 0.25) is 0 Å². The number of anilines is 1. The predicted octanol–water partition coefficient (Wildman–Crippen LogP) is 3.21. The molecule has 0 aliphatic heterocycles. The molecule has 1 aromatic rings. The van der Waals surface area contributed by atoms with Crippen LogP contribution in [-0.4, -0.2) is 24.0 Å². The lowest BCUT2D eigenvalue weighted by Crippen LogP contribution is -2.35. The van der Waals surface area contributed by atoms with Crippen molar-refractivity contribution in [2.24, 2.45) is 0 Å². The maximum atomic E-state index is 12.0. The Morgan fingerprint density at radius 1 is 1.33 bits per heavy atom. The lowest BCUT2D eigenvalue weighted by molar-refractivity contribution is 0.213. The number of nitrogens with zero attached hydrogens (tertiary/aromatic N) is 2. The molecule has 0 atom stereocenters. The van der Waals surface area contributed by atoms with Crippen molar-refractivity contribution in [1.29, 1.82) is 5.26 Å². The lowest BCUT2D eigenvalue weighted by atomic mass is 10.2. The molecule has 0 saturated carbocycles. The van der Waals surface area contributed by atoms with Crippen LogP contribution in [0.2, 0.25) is 0 Å². The number of urea groups is 1. The van der Waals surface area contributed by atoms with E-state index >= 15 is 0 Å². The fourth-order valence-corrected chi connectivity index (χ4v) is 1.58. The third-order valence-corrected chi connectivity index (χ3v) is 2.72. The summed E-state index contributed by atoms with van der Waals surface area (Å²) in [5.74, 6) is 0. The second-order valence-electron chi connectivity index (χ2n) is 4.05. The third kappa shape index (κ3) is 4.10. The van der Waals surface area contributed by atoms with E-state index < -0.39 is 0 Å². The topological polar surface area (TPSA) is 56.1 Å². The Bertz CT molecular complexity index is 420. The zero-order valence-corrected chi connectivity index (χ0v) is 10.9. The SMILES string of the molecule is CCCCN(CC)C(=O)Nc1ccc(C#N)cc1. The largest absolute Gasteiger partial charge is 0.325 e. The normalized spacial score (nSPS) is 9.61. The minimum absolute atomic E-state index is 0.0874. The van der Waals surface area contributed by atoms with Crippen molar-refractivity contribution >= 4 is 11.7 Å². The summed E-state index contributed by atoms with van der Waals surface area (Å²) in [6.07, 6.45) is 2.08. The molecule has 4 nitrogen and oxygen atoms in total. The molecule has 0 fully saturated rings. The van der Waals surface area contributed by atoms with Crippen LogP contribution in [-0.2, 0) is 0 Å². The number of carbonyl (C=O) groups excluding carboxylic acids is 1. The zero-order chi connectivity index (χ0) is 13.4. The molecule has 0 aliphatic rings. The summed E-state index contributed by atoms with van der Waals surface area (Å²) in [6.45, 7) is 5.54. The molecule has 0 unspecified atom stereocenters. The summed E-state index contributed by atoms with van der Waals surface area (Å²) in [5, 5.41) is 11.5. The monoisotopic (exact) mass is 245 g/mol. The number of carbonyl (C=O) groups is 1. The summed E-state index contributed by atoms with van der Waals surface area (Å²) >= 11 is 0. The Labute approximate surface area is 108 Å². The van der Waals surface area contributed by atoms with Gasteiger partial charge in [-0.25, -0.2) is 4.79 Å². The molecular weight excluding hydrogens is 226 g/mol. The van der Waals surface area contributed by atoms with Crippen molar-refractivity contribution in [1.82, 2.24) is 4.90 Å². The van der Waals surface area contributed by atoms with Crippen molar-refractivity contribution in [3.63, 3.8) is 0 Å². The zero-order valence-electron chi connectivity index (χ0n) is 10.9. The van der Waals surface area contributed by atoms with Crippen LogP contribution >= 0.6 is 0 Å². The molecule has 18 heavy (non-hydrogen) atoms. The Hall–Kier alpha value is -2.02. The van der Waals surface area contributed by atoms with E-state index in [0.717, 1.165) is 19.4 Å². The van der Waals surface area contributed by atoms with E-state index in [2.05, 4.69) is 12.2 Å². The molecule has 0 spiro atoms. The van der Waals surface area contributed by atoms with Crippen LogP contribution in [0.1, 0.15) is 32.3 Å². The van der Waals surface area contributed by atoms with Crippen molar-refractivity contribution in [3.05, 3.63) is 29.8 Å². The molecule has 1 rings (SSSR count). The molecule has 1 aromatic carbocycles. The Kier molecular flexibility index (Phi) is 5.72. The molecule has 0 heterocycles. The van der Waals surface area contributed by atoms with Crippen molar-refractivity contribution in [2.75, 3.05) is 18.4 Å². The van der Waals surface area contributed by atoms with Crippen molar-refractivity contribution < 1.29 is 4.79 Å². The highest BCUT2D eigenvalue weighted by molar-refractivity contribution is 5.89. The van der Waals surface area contributed by atoms with Crippen LogP contribution in [0.15, 0.2) is 24.3 Å². The second kappa shape index (κ2) is 7.33. The van der Waals surface area contributed by atoms with Gasteiger partial charge >= 0.3 is 6.03 Å². The van der Waals surface area contributed by atoms with Gasteiger partial charge in [0, 0.05) is 18.8 Å². The lowest BCUT2D eigenvalue weighted by Gasteiger charge is -2.21. The first-order chi connectivity index (χ1) is 8.71. The molecule has 4 heteroatoms. The van der Waals surface area contributed by atoms with Gasteiger partial charge in [-0.3, -0.25) is 0 Å². The van der Waals surface area contributed by atoms with Gasteiger partial charge in [-0.2, -0.15) is 5.26 Å². The van der Waals surface area contributed by atoms with Gasteiger partial charge in [0.15, 0.2) is 0 Å². The predicted molar refractivity (Wildman–Crippen MR) is 72.3 cm³/mol. The van der Waals surface area contributed by atoms with Gasteiger partial charge in [0.05, 0.1) is 11.6 Å². The Morgan fingerprint density at radius 3 is 2.50 bits per heavy atom. The summed E-state index contributed by atoms with van der Waals surface area (Å²) in [5.41, 5.74) is 1.31. The molecule has 0 saturated heterocycles. The fraction of sp³-hybridized carbons (Fsp3) is 0.429. The molecular formula is C14H19N3O. The number of nitriles is 1. The van der Waals surface area contributed by atoms with E-state index in [-0.39, 0.29) is 6.03 Å². The van der Waals surface area contributed by atoms with Gasteiger partial charge in [-0.15, -0.1) is 0 Å². The Balaban J connectivity index is 2.59. The van der Waals surface area contributed by atoms with Crippen LogP contribution in [0.5, 0.6) is 0 Å². The number of benzene rings is 1. The summed E-state index contributed by atoms with van der Waals surface area (Å²) in [6, 6.07) is 8.82. The standard InChI is InChI=1S/C14H19N3O/c1-3-5-10-17(4-2)14(18)16-13-8-6-12(11-15)7-9-13/h6-9H,3-5,10H2,1-2H3,(H,16,18). The van der Waals surface area contributed by atoms with E-state index in [1.165, 1.54) is 0 Å². The van der Waals surface area contributed by atoms with Gasteiger partial charge in [0.25, 0.3) is 0 Å². The number of amides is 2. The molecule has 0 aliphatic carbocycles. The first kappa shape index (κ1) is 14.0. The summed E-state index contributed by atoms with van der Waals surface area (Å²) in [4.78, 5) is 13.7.